The van der Waals surface area contributed by atoms with Crippen LogP contribution in [0.15, 0.2) is 0 Å². The van der Waals surface area contributed by atoms with Gasteiger partial charge in [-0.25, -0.2) is 0 Å². The van der Waals surface area contributed by atoms with Crippen molar-refractivity contribution in [2.75, 3.05) is 13.2 Å². The Balaban J connectivity index is 1.91. The average molecular weight is 187 g/mol. The minimum Gasteiger partial charge on any atom is -0.368 e. The fraction of sp³-hybridized carbons (Fsp3) is 0.714. The lowest BCUT2D eigenvalue weighted by molar-refractivity contribution is -0.129. The lowest BCUT2D eigenvalue weighted by Crippen LogP contribution is -2.36. The molecule has 0 aliphatic heterocycles. The standard InChI is InChI=1S/C7H13N3O3/c8-6(11)4-13-9-3-7(12)10-5-1-2-5/h5,9H,1-4H2,(H2,8,11)(H,10,12). The molecule has 1 aliphatic rings. The number of primary amides is 1. The molecule has 0 heterocycles. The maximum absolute atomic E-state index is 11.0. The van der Waals surface area contributed by atoms with Crippen molar-refractivity contribution in [2.45, 2.75) is 18.9 Å². The zero-order chi connectivity index (χ0) is 9.68. The van der Waals surface area contributed by atoms with E-state index in [0.29, 0.717) is 6.04 Å². The van der Waals surface area contributed by atoms with Gasteiger partial charge in [-0.2, -0.15) is 5.48 Å². The average Bonchev–Trinajstić information content (AvgIpc) is 2.81. The molecule has 0 spiro atoms. The van der Waals surface area contributed by atoms with E-state index in [9.17, 15) is 9.59 Å². The van der Waals surface area contributed by atoms with Gasteiger partial charge in [-0.1, -0.05) is 0 Å². The zero-order valence-electron chi connectivity index (χ0n) is 7.21. The van der Waals surface area contributed by atoms with Crippen LogP contribution >= 0.6 is 0 Å². The van der Waals surface area contributed by atoms with Gasteiger partial charge in [0.15, 0.2) is 0 Å². The lowest BCUT2D eigenvalue weighted by atomic mass is 10.5. The first kappa shape index (κ1) is 9.94. The number of hydroxylamine groups is 1. The summed E-state index contributed by atoms with van der Waals surface area (Å²) in [5, 5.41) is 2.74. The number of amides is 2. The van der Waals surface area contributed by atoms with Crippen LogP contribution in [0.25, 0.3) is 0 Å². The fourth-order valence-electron chi connectivity index (χ4n) is 0.745. The Morgan fingerprint density at radius 1 is 1.46 bits per heavy atom. The summed E-state index contributed by atoms with van der Waals surface area (Å²) in [4.78, 5) is 25.7. The first-order valence-corrected chi connectivity index (χ1v) is 4.11. The second-order valence-electron chi connectivity index (χ2n) is 2.92. The highest BCUT2D eigenvalue weighted by atomic mass is 16.6. The molecule has 0 radical (unpaired) electrons. The van der Waals surface area contributed by atoms with E-state index in [1.807, 2.05) is 0 Å². The molecule has 0 saturated heterocycles. The molecule has 2 amide bonds. The molecule has 13 heavy (non-hydrogen) atoms. The van der Waals surface area contributed by atoms with Crippen LogP contribution in [0.2, 0.25) is 0 Å². The SMILES string of the molecule is NC(=O)CONCC(=O)NC1CC1. The van der Waals surface area contributed by atoms with Crippen molar-refractivity contribution in [2.24, 2.45) is 5.73 Å². The summed E-state index contributed by atoms with van der Waals surface area (Å²) < 4.78 is 0. The summed E-state index contributed by atoms with van der Waals surface area (Å²) in [6, 6.07) is 0.338. The molecule has 0 unspecified atom stereocenters. The van der Waals surface area contributed by atoms with Gasteiger partial charge in [0, 0.05) is 6.04 Å². The summed E-state index contributed by atoms with van der Waals surface area (Å²) in [6.45, 7) is -0.180. The number of carbonyl (C=O) groups excluding carboxylic acids is 2. The van der Waals surface area contributed by atoms with Crippen LogP contribution in [0.5, 0.6) is 0 Å². The Kier molecular flexibility index (Phi) is 3.66. The van der Waals surface area contributed by atoms with E-state index in [1.165, 1.54) is 0 Å². The normalized spacial score (nSPS) is 15.4. The number of hydrogen-bond donors (Lipinski definition) is 3. The van der Waals surface area contributed by atoms with Gasteiger partial charge < -0.3 is 11.1 Å². The third kappa shape index (κ3) is 5.15. The van der Waals surface area contributed by atoms with Crippen molar-refractivity contribution < 1.29 is 14.4 Å². The van der Waals surface area contributed by atoms with E-state index in [0.717, 1.165) is 12.8 Å². The largest absolute Gasteiger partial charge is 0.368 e. The highest BCUT2D eigenvalue weighted by Gasteiger charge is 2.22. The van der Waals surface area contributed by atoms with Crippen LogP contribution in [0.1, 0.15) is 12.8 Å². The molecule has 1 rings (SSSR count). The zero-order valence-corrected chi connectivity index (χ0v) is 7.21. The Morgan fingerprint density at radius 3 is 2.69 bits per heavy atom. The molecule has 1 aliphatic carbocycles. The molecule has 6 nitrogen and oxygen atoms in total. The smallest absolute Gasteiger partial charge is 0.245 e. The number of rotatable bonds is 6. The van der Waals surface area contributed by atoms with Gasteiger partial charge >= 0.3 is 0 Å². The van der Waals surface area contributed by atoms with Gasteiger partial charge in [-0.15, -0.1) is 0 Å². The van der Waals surface area contributed by atoms with Gasteiger partial charge in [0.05, 0.1) is 6.54 Å². The highest BCUT2D eigenvalue weighted by Crippen LogP contribution is 2.17. The van der Waals surface area contributed by atoms with E-state index in [-0.39, 0.29) is 19.1 Å². The summed E-state index contributed by atoms with van der Waals surface area (Å²) >= 11 is 0. The van der Waals surface area contributed by atoms with E-state index >= 15 is 0 Å². The maximum Gasteiger partial charge on any atom is 0.245 e. The quantitative estimate of drug-likeness (QED) is 0.340. The van der Waals surface area contributed by atoms with Gasteiger partial charge in [0.1, 0.15) is 6.61 Å². The van der Waals surface area contributed by atoms with Crippen molar-refractivity contribution in [3.05, 3.63) is 0 Å². The number of hydrogen-bond acceptors (Lipinski definition) is 4. The third-order valence-corrected chi connectivity index (χ3v) is 1.49. The van der Waals surface area contributed by atoms with E-state index in [1.54, 1.807) is 0 Å². The predicted molar refractivity (Wildman–Crippen MR) is 44.3 cm³/mol. The third-order valence-electron chi connectivity index (χ3n) is 1.49. The minimum atomic E-state index is -0.574. The van der Waals surface area contributed by atoms with E-state index in [4.69, 9.17) is 5.73 Å². The lowest BCUT2D eigenvalue weighted by Gasteiger charge is -2.04. The Labute approximate surface area is 75.8 Å². The van der Waals surface area contributed by atoms with Gasteiger partial charge in [-0.3, -0.25) is 14.4 Å². The first-order valence-electron chi connectivity index (χ1n) is 4.11. The van der Waals surface area contributed by atoms with Gasteiger partial charge in [-0.05, 0) is 12.8 Å². The van der Waals surface area contributed by atoms with Crippen LogP contribution in [-0.2, 0) is 14.4 Å². The van der Waals surface area contributed by atoms with Crippen molar-refractivity contribution in [1.29, 1.82) is 0 Å². The van der Waals surface area contributed by atoms with Crippen LogP contribution in [-0.4, -0.2) is 31.0 Å². The number of nitrogens with two attached hydrogens (primary N) is 1. The molecule has 6 heteroatoms. The molecule has 4 N–H and O–H groups in total. The molecule has 74 valence electrons. The van der Waals surface area contributed by atoms with Crippen LogP contribution in [0.3, 0.4) is 0 Å². The molecular formula is C7H13N3O3. The summed E-state index contributed by atoms with van der Waals surface area (Å²) in [7, 11) is 0. The first-order chi connectivity index (χ1) is 6.18. The van der Waals surface area contributed by atoms with Crippen molar-refractivity contribution in [1.82, 2.24) is 10.8 Å². The van der Waals surface area contributed by atoms with Gasteiger partial charge in [0.2, 0.25) is 11.8 Å². The predicted octanol–water partition coefficient (Wildman–Crippen LogP) is -1.73. The molecule has 1 saturated carbocycles. The summed E-state index contributed by atoms with van der Waals surface area (Å²) in [5.41, 5.74) is 7.13. The Hall–Kier alpha value is -1.14. The summed E-state index contributed by atoms with van der Waals surface area (Å²) in [6.07, 6.45) is 2.10. The van der Waals surface area contributed by atoms with Crippen LogP contribution in [0.4, 0.5) is 0 Å². The van der Waals surface area contributed by atoms with E-state index in [2.05, 4.69) is 15.6 Å². The molecular weight excluding hydrogens is 174 g/mol. The van der Waals surface area contributed by atoms with Crippen molar-refractivity contribution in [3.63, 3.8) is 0 Å². The Morgan fingerprint density at radius 2 is 2.15 bits per heavy atom. The molecule has 0 aromatic carbocycles. The minimum absolute atomic E-state index is 0.0454. The monoisotopic (exact) mass is 187 g/mol. The maximum atomic E-state index is 11.0. The van der Waals surface area contributed by atoms with E-state index < -0.39 is 5.91 Å². The summed E-state index contributed by atoms with van der Waals surface area (Å²) in [5.74, 6) is -0.706. The topological polar surface area (TPSA) is 93.5 Å². The molecule has 1 fully saturated rings. The second-order valence-corrected chi connectivity index (χ2v) is 2.92. The fourth-order valence-corrected chi connectivity index (χ4v) is 0.745. The molecule has 0 atom stereocenters. The van der Waals surface area contributed by atoms with Crippen LogP contribution in [0, 0.1) is 0 Å². The highest BCUT2D eigenvalue weighted by molar-refractivity contribution is 5.78. The van der Waals surface area contributed by atoms with Crippen molar-refractivity contribution >= 4 is 11.8 Å². The van der Waals surface area contributed by atoms with Crippen LogP contribution < -0.4 is 16.5 Å². The number of carbonyl (C=O) groups is 2. The van der Waals surface area contributed by atoms with Gasteiger partial charge in [0.25, 0.3) is 0 Å². The molecule has 0 aromatic rings. The second kappa shape index (κ2) is 4.78. The Bertz CT molecular complexity index is 203. The molecule has 0 aromatic heterocycles. The van der Waals surface area contributed by atoms with Crippen molar-refractivity contribution in [3.8, 4) is 0 Å². The molecule has 0 bridgehead atoms. The number of nitrogens with one attached hydrogen (secondary N) is 2.